The molecular weight excluding hydrogens is 208 g/mol. The van der Waals surface area contributed by atoms with E-state index in [0.717, 1.165) is 5.92 Å². The van der Waals surface area contributed by atoms with Crippen LogP contribution in [0.1, 0.15) is 93.4 Å². The van der Waals surface area contributed by atoms with Crippen LogP contribution in [0.2, 0.25) is 0 Å². The Bertz CT molecular complexity index is 94.9. The molecule has 0 amide bonds. The van der Waals surface area contributed by atoms with Gasteiger partial charge in [0, 0.05) is 0 Å². The number of hydrogen-bond donors (Lipinski definition) is 2. The Hall–Kier alpha value is -0.0800. The van der Waals surface area contributed by atoms with E-state index in [0.29, 0.717) is 0 Å². The third kappa shape index (κ3) is 25.9. The van der Waals surface area contributed by atoms with Crippen molar-refractivity contribution in [1.82, 2.24) is 12.3 Å². The lowest BCUT2D eigenvalue weighted by Gasteiger charge is -2.10. The van der Waals surface area contributed by atoms with Crippen molar-refractivity contribution in [2.45, 2.75) is 93.4 Å². The lowest BCUT2D eigenvalue weighted by Crippen LogP contribution is -1.94. The molecule has 0 fully saturated rings. The maximum atomic E-state index is 2.42. The van der Waals surface area contributed by atoms with E-state index in [1.165, 1.54) is 57.8 Å². The van der Waals surface area contributed by atoms with Gasteiger partial charge in [-0.3, -0.25) is 0 Å². The third-order valence-corrected chi connectivity index (χ3v) is 2.85. The Morgan fingerprint density at radius 1 is 0.647 bits per heavy atom. The summed E-state index contributed by atoms with van der Waals surface area (Å²) in [5, 5.41) is 0. The molecule has 0 aliphatic carbocycles. The zero-order valence-corrected chi connectivity index (χ0v) is 11.4. The molecule has 2 nitrogen and oxygen atoms in total. The monoisotopic (exact) mass is 250 g/mol. The third-order valence-electron chi connectivity index (χ3n) is 2.85. The first-order valence-corrected chi connectivity index (χ1v) is 6.31. The summed E-state index contributed by atoms with van der Waals surface area (Å²) in [7, 11) is 0. The standard InChI is InChI=1S/C13H28.2CH4.2H3N/c1-4-6-8-10-12-13(3)11-9-7-5-2;;;;/h13H,4-12H2,1-3H3;2*1H4;2*1H3/t13-;;;;/m0..../s1. The second-order valence-corrected chi connectivity index (χ2v) is 4.45. The van der Waals surface area contributed by atoms with Crippen molar-refractivity contribution in [3.63, 3.8) is 0 Å². The zero-order chi connectivity index (χ0) is 9.94. The predicted molar refractivity (Wildman–Crippen MR) is 85.6 cm³/mol. The second kappa shape index (κ2) is 24.9. The van der Waals surface area contributed by atoms with E-state index in [1.807, 2.05) is 0 Å². The van der Waals surface area contributed by atoms with Crippen molar-refractivity contribution >= 4 is 0 Å². The van der Waals surface area contributed by atoms with Gasteiger partial charge in [0.15, 0.2) is 0 Å². The molecule has 0 aromatic carbocycles. The highest BCUT2D eigenvalue weighted by Crippen LogP contribution is 2.16. The Morgan fingerprint density at radius 2 is 1.00 bits per heavy atom. The molecule has 0 aliphatic rings. The lowest BCUT2D eigenvalue weighted by atomic mass is 9.97. The van der Waals surface area contributed by atoms with Crippen molar-refractivity contribution in [2.75, 3.05) is 0 Å². The van der Waals surface area contributed by atoms with E-state index in [9.17, 15) is 0 Å². The quantitative estimate of drug-likeness (QED) is 0.443. The molecule has 0 spiro atoms. The predicted octanol–water partition coefficient (Wildman–Crippen LogP) is 6.77. The molecule has 0 bridgehead atoms. The SMILES string of the molecule is C.C.CCCCCC[C@@H](C)CCCCC.N.N. The summed E-state index contributed by atoms with van der Waals surface area (Å²) in [6, 6.07) is 0. The van der Waals surface area contributed by atoms with Crippen molar-refractivity contribution in [2.24, 2.45) is 5.92 Å². The van der Waals surface area contributed by atoms with Gasteiger partial charge in [-0.05, 0) is 5.92 Å². The number of rotatable bonds is 9. The highest BCUT2D eigenvalue weighted by atomic mass is 14.1. The Kier molecular flexibility index (Phi) is 44.3. The Labute approximate surface area is 112 Å². The summed E-state index contributed by atoms with van der Waals surface area (Å²) in [6.45, 7) is 6.98. The van der Waals surface area contributed by atoms with Gasteiger partial charge in [-0.25, -0.2) is 0 Å². The first-order chi connectivity index (χ1) is 6.31. The topological polar surface area (TPSA) is 70.0 Å². The molecule has 0 saturated carbocycles. The van der Waals surface area contributed by atoms with Crippen LogP contribution in [0.25, 0.3) is 0 Å². The first kappa shape index (κ1) is 30.2. The van der Waals surface area contributed by atoms with Crippen LogP contribution in [-0.4, -0.2) is 0 Å². The molecular formula is C15H42N2. The minimum atomic E-state index is 0. The van der Waals surface area contributed by atoms with E-state index in [-0.39, 0.29) is 27.2 Å². The van der Waals surface area contributed by atoms with Crippen LogP contribution in [0.15, 0.2) is 0 Å². The van der Waals surface area contributed by atoms with E-state index in [2.05, 4.69) is 20.8 Å². The number of unbranched alkanes of at least 4 members (excludes halogenated alkanes) is 5. The highest BCUT2D eigenvalue weighted by molar-refractivity contribution is 4.54. The van der Waals surface area contributed by atoms with E-state index in [1.54, 1.807) is 0 Å². The average molecular weight is 251 g/mol. The van der Waals surface area contributed by atoms with E-state index in [4.69, 9.17) is 0 Å². The fourth-order valence-corrected chi connectivity index (χ4v) is 1.81. The Balaban J connectivity index is -0.000000120. The van der Waals surface area contributed by atoms with Gasteiger partial charge >= 0.3 is 0 Å². The van der Waals surface area contributed by atoms with Gasteiger partial charge in [0.2, 0.25) is 0 Å². The number of hydrogen-bond acceptors (Lipinski definition) is 2. The molecule has 112 valence electrons. The summed E-state index contributed by atoms with van der Waals surface area (Å²) in [6.07, 6.45) is 12.9. The fourth-order valence-electron chi connectivity index (χ4n) is 1.81. The van der Waals surface area contributed by atoms with Crippen molar-refractivity contribution in [3.05, 3.63) is 0 Å². The Morgan fingerprint density at radius 3 is 1.41 bits per heavy atom. The normalized spacial score (nSPS) is 10.1. The van der Waals surface area contributed by atoms with Gasteiger partial charge in [0.1, 0.15) is 0 Å². The van der Waals surface area contributed by atoms with Crippen LogP contribution in [0.3, 0.4) is 0 Å². The molecule has 0 rings (SSSR count). The van der Waals surface area contributed by atoms with Gasteiger partial charge in [0.05, 0.1) is 0 Å². The van der Waals surface area contributed by atoms with Gasteiger partial charge in [-0.1, -0.05) is 93.4 Å². The highest BCUT2D eigenvalue weighted by Gasteiger charge is 2.00. The summed E-state index contributed by atoms with van der Waals surface area (Å²) < 4.78 is 0. The van der Waals surface area contributed by atoms with Crippen LogP contribution in [-0.2, 0) is 0 Å². The van der Waals surface area contributed by atoms with E-state index < -0.39 is 0 Å². The summed E-state index contributed by atoms with van der Waals surface area (Å²) in [4.78, 5) is 0. The molecule has 2 heteroatoms. The van der Waals surface area contributed by atoms with Gasteiger partial charge in [-0.2, -0.15) is 0 Å². The molecule has 0 aliphatic heterocycles. The maximum Gasteiger partial charge on any atom is -0.0443 e. The van der Waals surface area contributed by atoms with Crippen LogP contribution in [0.5, 0.6) is 0 Å². The van der Waals surface area contributed by atoms with Crippen LogP contribution >= 0.6 is 0 Å². The fraction of sp³-hybridized carbons (Fsp3) is 1.00. The van der Waals surface area contributed by atoms with Crippen molar-refractivity contribution in [1.29, 1.82) is 0 Å². The zero-order valence-electron chi connectivity index (χ0n) is 11.4. The molecule has 0 aromatic heterocycles. The van der Waals surface area contributed by atoms with Crippen LogP contribution in [0.4, 0.5) is 0 Å². The molecule has 0 aromatic rings. The molecule has 0 saturated heterocycles. The minimum Gasteiger partial charge on any atom is -0.344 e. The molecule has 1 atom stereocenters. The van der Waals surface area contributed by atoms with Crippen molar-refractivity contribution < 1.29 is 0 Å². The molecule has 17 heavy (non-hydrogen) atoms. The summed E-state index contributed by atoms with van der Waals surface area (Å²) >= 11 is 0. The summed E-state index contributed by atoms with van der Waals surface area (Å²) in [5.74, 6) is 0.975. The van der Waals surface area contributed by atoms with Gasteiger partial charge < -0.3 is 12.3 Å². The maximum absolute atomic E-state index is 2.42. The second-order valence-electron chi connectivity index (χ2n) is 4.45. The summed E-state index contributed by atoms with van der Waals surface area (Å²) in [5.41, 5.74) is 0. The molecule has 0 radical (unpaired) electrons. The van der Waals surface area contributed by atoms with Crippen LogP contribution < -0.4 is 12.3 Å². The van der Waals surface area contributed by atoms with Crippen molar-refractivity contribution in [3.8, 4) is 0 Å². The molecule has 6 N–H and O–H groups in total. The lowest BCUT2D eigenvalue weighted by molar-refractivity contribution is 0.439. The van der Waals surface area contributed by atoms with Gasteiger partial charge in [-0.15, -0.1) is 0 Å². The largest absolute Gasteiger partial charge is 0.344 e. The average Bonchev–Trinajstić information content (AvgIpc) is 2.13. The minimum absolute atomic E-state index is 0. The van der Waals surface area contributed by atoms with Crippen LogP contribution in [0, 0.1) is 5.92 Å². The van der Waals surface area contributed by atoms with Gasteiger partial charge in [0.25, 0.3) is 0 Å². The molecule has 0 unspecified atom stereocenters. The molecule has 0 heterocycles. The first-order valence-electron chi connectivity index (χ1n) is 6.31. The smallest absolute Gasteiger partial charge is 0.0443 e. The van der Waals surface area contributed by atoms with E-state index >= 15 is 0 Å².